The number of carbonyl (C=O) groups is 1. The predicted octanol–water partition coefficient (Wildman–Crippen LogP) is 1.45. The van der Waals surface area contributed by atoms with Crippen molar-refractivity contribution in [1.82, 2.24) is 4.57 Å². The number of nitrogens with two attached hydrogens (primary N) is 1. The second-order valence-electron chi connectivity index (χ2n) is 5.00. The Morgan fingerprint density at radius 1 is 1.40 bits per heavy atom. The van der Waals surface area contributed by atoms with Crippen molar-refractivity contribution in [1.29, 1.82) is 0 Å². The normalized spacial score (nSPS) is 11.2. The molecule has 5 nitrogen and oxygen atoms in total. The number of aromatic carboxylic acids is 1. The first-order chi connectivity index (χ1) is 9.51. The third-order valence-corrected chi connectivity index (χ3v) is 3.66. The SMILES string of the molecule is Cc1c(C(=O)O)cc(C)c2c1c(CCN)cn2CCO. The number of hydrogen-bond donors (Lipinski definition) is 3. The average molecular weight is 276 g/mol. The number of aliphatic hydroxyl groups is 1. The number of fused-ring (bicyclic) bond motifs is 1. The maximum atomic E-state index is 11.3. The highest BCUT2D eigenvalue weighted by Gasteiger charge is 2.18. The molecule has 0 atom stereocenters. The number of rotatable bonds is 5. The molecule has 0 saturated heterocycles. The van der Waals surface area contributed by atoms with Gasteiger partial charge in [0.15, 0.2) is 0 Å². The molecule has 5 heteroatoms. The summed E-state index contributed by atoms with van der Waals surface area (Å²) in [6.45, 7) is 4.77. The number of aliphatic hydroxyl groups excluding tert-OH is 1. The molecule has 0 fully saturated rings. The number of hydrogen-bond acceptors (Lipinski definition) is 3. The van der Waals surface area contributed by atoms with Crippen LogP contribution in [-0.4, -0.2) is 33.9 Å². The van der Waals surface area contributed by atoms with Gasteiger partial charge in [0, 0.05) is 18.1 Å². The Morgan fingerprint density at radius 3 is 2.65 bits per heavy atom. The minimum Gasteiger partial charge on any atom is -0.478 e. The van der Waals surface area contributed by atoms with Crippen LogP contribution in [0.3, 0.4) is 0 Å². The molecule has 2 aromatic rings. The van der Waals surface area contributed by atoms with E-state index in [9.17, 15) is 15.0 Å². The van der Waals surface area contributed by atoms with Crippen LogP contribution in [0.5, 0.6) is 0 Å². The third-order valence-electron chi connectivity index (χ3n) is 3.66. The van der Waals surface area contributed by atoms with Crippen LogP contribution in [0.25, 0.3) is 10.9 Å². The van der Waals surface area contributed by atoms with E-state index in [2.05, 4.69) is 0 Å². The Hall–Kier alpha value is -1.85. The van der Waals surface area contributed by atoms with Crippen LogP contribution in [0.4, 0.5) is 0 Å². The van der Waals surface area contributed by atoms with Crippen LogP contribution in [0.2, 0.25) is 0 Å². The lowest BCUT2D eigenvalue weighted by Crippen LogP contribution is -2.05. The average Bonchev–Trinajstić information content (AvgIpc) is 2.74. The minimum atomic E-state index is -0.916. The molecule has 0 unspecified atom stereocenters. The summed E-state index contributed by atoms with van der Waals surface area (Å²) in [6, 6.07) is 1.69. The van der Waals surface area contributed by atoms with Gasteiger partial charge in [-0.15, -0.1) is 0 Å². The van der Waals surface area contributed by atoms with E-state index in [0.717, 1.165) is 27.6 Å². The van der Waals surface area contributed by atoms with E-state index in [1.807, 2.05) is 24.6 Å². The van der Waals surface area contributed by atoms with Crippen molar-refractivity contribution in [2.75, 3.05) is 13.2 Å². The molecule has 0 spiro atoms. The molecule has 1 heterocycles. The molecular weight excluding hydrogens is 256 g/mol. The number of carboxylic acids is 1. The molecule has 0 aliphatic heterocycles. The van der Waals surface area contributed by atoms with Gasteiger partial charge < -0.3 is 20.5 Å². The molecule has 0 aliphatic carbocycles. The molecule has 0 aliphatic rings. The molecule has 4 N–H and O–H groups in total. The molecule has 1 aromatic carbocycles. The van der Waals surface area contributed by atoms with E-state index in [-0.39, 0.29) is 6.61 Å². The van der Waals surface area contributed by atoms with E-state index < -0.39 is 5.97 Å². The van der Waals surface area contributed by atoms with Crippen LogP contribution in [0, 0.1) is 13.8 Å². The van der Waals surface area contributed by atoms with E-state index in [0.29, 0.717) is 25.1 Å². The Balaban J connectivity index is 2.82. The third kappa shape index (κ3) is 2.30. The number of nitrogens with zero attached hydrogens (tertiary/aromatic N) is 1. The van der Waals surface area contributed by atoms with Crippen molar-refractivity contribution < 1.29 is 15.0 Å². The van der Waals surface area contributed by atoms with Gasteiger partial charge in [-0.25, -0.2) is 4.79 Å². The summed E-state index contributed by atoms with van der Waals surface area (Å²) in [4.78, 5) is 11.3. The lowest BCUT2D eigenvalue weighted by molar-refractivity contribution is 0.0696. The maximum Gasteiger partial charge on any atom is 0.335 e. The first kappa shape index (κ1) is 14.6. The first-order valence-corrected chi connectivity index (χ1v) is 6.67. The number of aromatic nitrogens is 1. The molecule has 0 saturated carbocycles. The van der Waals surface area contributed by atoms with Crippen molar-refractivity contribution in [2.45, 2.75) is 26.8 Å². The number of aryl methyl sites for hydroxylation is 2. The zero-order chi connectivity index (χ0) is 14.9. The van der Waals surface area contributed by atoms with Crippen molar-refractivity contribution in [3.8, 4) is 0 Å². The molecule has 0 radical (unpaired) electrons. The lowest BCUT2D eigenvalue weighted by Gasteiger charge is -2.10. The molecule has 20 heavy (non-hydrogen) atoms. The molecule has 0 amide bonds. The standard InChI is InChI=1S/C15H20N2O3/c1-9-7-12(15(19)20)10(2)13-11(3-4-16)8-17(5-6-18)14(9)13/h7-8,18H,3-6,16H2,1-2H3,(H,19,20). The van der Waals surface area contributed by atoms with Gasteiger partial charge in [0.05, 0.1) is 17.7 Å². The minimum absolute atomic E-state index is 0.0466. The van der Waals surface area contributed by atoms with Crippen LogP contribution in [0.1, 0.15) is 27.0 Å². The van der Waals surface area contributed by atoms with E-state index in [1.165, 1.54) is 0 Å². The highest BCUT2D eigenvalue weighted by Crippen LogP contribution is 2.30. The fourth-order valence-corrected chi connectivity index (χ4v) is 2.83. The van der Waals surface area contributed by atoms with E-state index in [1.54, 1.807) is 6.07 Å². The molecule has 1 aromatic heterocycles. The van der Waals surface area contributed by atoms with Crippen LogP contribution >= 0.6 is 0 Å². The summed E-state index contributed by atoms with van der Waals surface area (Å²) in [5, 5.41) is 19.5. The van der Waals surface area contributed by atoms with Crippen molar-refractivity contribution >= 4 is 16.9 Å². The van der Waals surface area contributed by atoms with E-state index in [4.69, 9.17) is 5.73 Å². The molecule has 2 rings (SSSR count). The maximum absolute atomic E-state index is 11.3. The van der Waals surface area contributed by atoms with Gasteiger partial charge >= 0.3 is 5.97 Å². The van der Waals surface area contributed by atoms with Gasteiger partial charge in [-0.3, -0.25) is 0 Å². The van der Waals surface area contributed by atoms with Crippen molar-refractivity contribution in [2.24, 2.45) is 5.73 Å². The summed E-state index contributed by atoms with van der Waals surface area (Å²) >= 11 is 0. The molecule has 0 bridgehead atoms. The first-order valence-electron chi connectivity index (χ1n) is 6.67. The summed E-state index contributed by atoms with van der Waals surface area (Å²) in [5.74, 6) is -0.916. The van der Waals surface area contributed by atoms with Crippen molar-refractivity contribution in [3.05, 3.63) is 34.5 Å². The second kappa shape index (κ2) is 5.64. The lowest BCUT2D eigenvalue weighted by atomic mass is 9.97. The van der Waals surface area contributed by atoms with Gasteiger partial charge in [0.2, 0.25) is 0 Å². The fourth-order valence-electron chi connectivity index (χ4n) is 2.83. The van der Waals surface area contributed by atoms with Crippen LogP contribution in [0.15, 0.2) is 12.3 Å². The predicted molar refractivity (Wildman–Crippen MR) is 78.2 cm³/mol. The van der Waals surface area contributed by atoms with Crippen LogP contribution in [-0.2, 0) is 13.0 Å². The molecular formula is C15H20N2O3. The Bertz CT molecular complexity index is 659. The highest BCUT2D eigenvalue weighted by atomic mass is 16.4. The van der Waals surface area contributed by atoms with Crippen LogP contribution < -0.4 is 5.73 Å². The largest absolute Gasteiger partial charge is 0.478 e. The topological polar surface area (TPSA) is 88.5 Å². The van der Waals surface area contributed by atoms with Gasteiger partial charge in [0.1, 0.15) is 0 Å². The number of carboxylic acid groups (broad SMARTS) is 1. The Morgan fingerprint density at radius 2 is 2.10 bits per heavy atom. The summed E-state index contributed by atoms with van der Waals surface area (Å²) in [7, 11) is 0. The summed E-state index contributed by atoms with van der Waals surface area (Å²) < 4.78 is 1.98. The summed E-state index contributed by atoms with van der Waals surface area (Å²) in [6.07, 6.45) is 2.66. The smallest absolute Gasteiger partial charge is 0.335 e. The molecule has 108 valence electrons. The Labute approximate surface area is 117 Å². The highest BCUT2D eigenvalue weighted by molar-refractivity contribution is 6.00. The van der Waals surface area contributed by atoms with Gasteiger partial charge in [-0.1, -0.05) is 0 Å². The number of benzene rings is 1. The van der Waals surface area contributed by atoms with Crippen molar-refractivity contribution in [3.63, 3.8) is 0 Å². The van der Waals surface area contributed by atoms with Gasteiger partial charge in [-0.05, 0) is 49.6 Å². The fraction of sp³-hybridized carbons (Fsp3) is 0.400. The van der Waals surface area contributed by atoms with E-state index >= 15 is 0 Å². The zero-order valence-electron chi connectivity index (χ0n) is 11.8. The van der Waals surface area contributed by atoms with Gasteiger partial charge in [-0.2, -0.15) is 0 Å². The monoisotopic (exact) mass is 276 g/mol. The second-order valence-corrected chi connectivity index (χ2v) is 5.00. The quantitative estimate of drug-likeness (QED) is 0.771. The zero-order valence-corrected chi connectivity index (χ0v) is 11.8. The summed E-state index contributed by atoms with van der Waals surface area (Å²) in [5.41, 5.74) is 9.67. The van der Waals surface area contributed by atoms with Gasteiger partial charge in [0.25, 0.3) is 0 Å². The Kier molecular flexibility index (Phi) is 4.11.